The standard InChI is InChI=1S/C17H36O4S/c1-4-5-6-7-8-9-10-11-12-13-14-15-16-20-17(2)21-22(3,18)19/h17H,4-16H2,1-3H3. The molecule has 0 radical (unpaired) electrons. The fourth-order valence-electron chi connectivity index (χ4n) is 2.47. The zero-order valence-electron chi connectivity index (χ0n) is 14.8. The molecule has 0 aromatic heterocycles. The maximum Gasteiger partial charge on any atom is 0.266 e. The van der Waals surface area contributed by atoms with Gasteiger partial charge in [-0.15, -0.1) is 0 Å². The minimum absolute atomic E-state index is 0.564. The Labute approximate surface area is 138 Å². The molecule has 0 N–H and O–H groups in total. The molecule has 4 nitrogen and oxygen atoms in total. The summed E-state index contributed by atoms with van der Waals surface area (Å²) in [5, 5.41) is 0. The van der Waals surface area contributed by atoms with E-state index in [1.165, 1.54) is 64.2 Å². The molecular formula is C17H36O4S. The molecule has 1 unspecified atom stereocenters. The summed E-state index contributed by atoms with van der Waals surface area (Å²) in [5.74, 6) is 0. The third-order valence-corrected chi connectivity index (χ3v) is 4.28. The van der Waals surface area contributed by atoms with Crippen LogP contribution >= 0.6 is 0 Å². The molecule has 0 aromatic carbocycles. The van der Waals surface area contributed by atoms with Gasteiger partial charge in [-0.2, -0.15) is 8.42 Å². The van der Waals surface area contributed by atoms with Crippen molar-refractivity contribution in [1.29, 1.82) is 0 Å². The van der Waals surface area contributed by atoms with Gasteiger partial charge in [0.2, 0.25) is 0 Å². The third kappa shape index (κ3) is 17.9. The Kier molecular flexibility index (Phi) is 14.4. The number of ether oxygens (including phenoxy) is 1. The van der Waals surface area contributed by atoms with Crippen LogP contribution in [0.5, 0.6) is 0 Å². The van der Waals surface area contributed by atoms with Crippen molar-refractivity contribution in [2.45, 2.75) is 97.2 Å². The average molecular weight is 337 g/mol. The van der Waals surface area contributed by atoms with Gasteiger partial charge in [0.05, 0.1) is 6.26 Å². The second-order valence-corrected chi connectivity index (χ2v) is 7.73. The van der Waals surface area contributed by atoms with E-state index in [1.54, 1.807) is 6.92 Å². The molecule has 0 bridgehead atoms. The van der Waals surface area contributed by atoms with Crippen molar-refractivity contribution in [3.05, 3.63) is 0 Å². The van der Waals surface area contributed by atoms with E-state index in [-0.39, 0.29) is 0 Å². The zero-order chi connectivity index (χ0) is 16.7. The lowest BCUT2D eigenvalue weighted by atomic mass is 10.1. The first-order chi connectivity index (χ1) is 10.5. The summed E-state index contributed by atoms with van der Waals surface area (Å²) in [6, 6.07) is 0. The highest BCUT2D eigenvalue weighted by Crippen LogP contribution is 2.12. The van der Waals surface area contributed by atoms with Crippen LogP contribution < -0.4 is 0 Å². The van der Waals surface area contributed by atoms with Gasteiger partial charge in [-0.25, -0.2) is 4.18 Å². The second-order valence-electron chi connectivity index (χ2n) is 6.13. The molecule has 22 heavy (non-hydrogen) atoms. The molecule has 0 aliphatic heterocycles. The molecular weight excluding hydrogens is 300 g/mol. The monoisotopic (exact) mass is 336 g/mol. The normalized spacial score (nSPS) is 13.4. The van der Waals surface area contributed by atoms with Gasteiger partial charge in [-0.1, -0.05) is 77.6 Å². The van der Waals surface area contributed by atoms with Crippen molar-refractivity contribution in [2.24, 2.45) is 0 Å². The molecule has 0 saturated heterocycles. The van der Waals surface area contributed by atoms with Gasteiger partial charge in [0, 0.05) is 6.61 Å². The SMILES string of the molecule is CCCCCCCCCCCCCCOC(C)OS(C)(=O)=O. The van der Waals surface area contributed by atoms with E-state index in [2.05, 4.69) is 6.92 Å². The third-order valence-electron chi connectivity index (χ3n) is 3.66. The number of hydrogen-bond acceptors (Lipinski definition) is 4. The van der Waals surface area contributed by atoms with Crippen molar-refractivity contribution >= 4 is 10.1 Å². The number of hydrogen-bond donors (Lipinski definition) is 0. The predicted octanol–water partition coefficient (Wildman–Crippen LogP) is 5.03. The molecule has 134 valence electrons. The van der Waals surface area contributed by atoms with Crippen LogP contribution in [0.25, 0.3) is 0 Å². The Morgan fingerprint density at radius 2 is 1.18 bits per heavy atom. The van der Waals surface area contributed by atoms with Gasteiger partial charge in [-0.3, -0.25) is 0 Å². The molecule has 0 heterocycles. The van der Waals surface area contributed by atoms with Gasteiger partial charge in [-0.05, 0) is 13.3 Å². The van der Waals surface area contributed by atoms with E-state index in [0.717, 1.165) is 19.1 Å². The Bertz CT molecular complexity index is 328. The lowest BCUT2D eigenvalue weighted by Crippen LogP contribution is -2.17. The summed E-state index contributed by atoms with van der Waals surface area (Å²) in [7, 11) is -3.42. The average Bonchev–Trinajstić information content (AvgIpc) is 2.42. The first-order valence-electron chi connectivity index (χ1n) is 8.95. The van der Waals surface area contributed by atoms with E-state index < -0.39 is 16.4 Å². The van der Waals surface area contributed by atoms with E-state index in [4.69, 9.17) is 8.92 Å². The number of rotatable bonds is 16. The van der Waals surface area contributed by atoms with Crippen molar-refractivity contribution in [3.8, 4) is 0 Å². The van der Waals surface area contributed by atoms with Crippen LogP contribution in [0.3, 0.4) is 0 Å². The largest absolute Gasteiger partial charge is 0.352 e. The first kappa shape index (κ1) is 21.9. The Hall–Kier alpha value is -0.130. The summed E-state index contributed by atoms with van der Waals surface area (Å²) in [4.78, 5) is 0. The van der Waals surface area contributed by atoms with Crippen molar-refractivity contribution < 1.29 is 17.3 Å². The zero-order valence-corrected chi connectivity index (χ0v) is 15.6. The van der Waals surface area contributed by atoms with Gasteiger partial charge in [0.15, 0.2) is 6.29 Å². The summed E-state index contributed by atoms with van der Waals surface area (Å²) < 4.78 is 31.7. The number of unbranched alkanes of at least 4 members (excludes halogenated alkanes) is 11. The first-order valence-corrected chi connectivity index (χ1v) is 10.8. The van der Waals surface area contributed by atoms with E-state index in [0.29, 0.717) is 6.61 Å². The highest BCUT2D eigenvalue weighted by Gasteiger charge is 2.09. The van der Waals surface area contributed by atoms with Crippen molar-refractivity contribution in [1.82, 2.24) is 0 Å². The minimum Gasteiger partial charge on any atom is -0.352 e. The van der Waals surface area contributed by atoms with Crippen LogP contribution in [-0.2, 0) is 19.0 Å². The van der Waals surface area contributed by atoms with E-state index >= 15 is 0 Å². The molecule has 5 heteroatoms. The lowest BCUT2D eigenvalue weighted by Gasteiger charge is -2.11. The van der Waals surface area contributed by atoms with Gasteiger partial charge >= 0.3 is 0 Å². The fourth-order valence-corrected chi connectivity index (χ4v) is 3.01. The predicted molar refractivity (Wildman–Crippen MR) is 92.4 cm³/mol. The molecule has 0 amide bonds. The molecule has 0 aliphatic rings. The molecule has 0 saturated carbocycles. The Balaban J connectivity index is 3.17. The minimum atomic E-state index is -3.42. The topological polar surface area (TPSA) is 52.6 Å². The van der Waals surface area contributed by atoms with E-state index in [1.807, 2.05) is 0 Å². The van der Waals surface area contributed by atoms with Gasteiger partial charge < -0.3 is 4.74 Å². The van der Waals surface area contributed by atoms with Crippen LogP contribution in [0, 0.1) is 0 Å². The van der Waals surface area contributed by atoms with Crippen LogP contribution in [0.15, 0.2) is 0 Å². The smallest absolute Gasteiger partial charge is 0.266 e. The Morgan fingerprint density at radius 1 is 0.773 bits per heavy atom. The fraction of sp³-hybridized carbons (Fsp3) is 1.00. The summed E-state index contributed by atoms with van der Waals surface area (Å²) in [6.45, 7) is 4.43. The van der Waals surface area contributed by atoms with Gasteiger partial charge in [0.25, 0.3) is 10.1 Å². The van der Waals surface area contributed by atoms with Crippen LogP contribution in [0.1, 0.15) is 90.9 Å². The quantitative estimate of drug-likeness (QED) is 0.225. The molecule has 0 spiro atoms. The maximum atomic E-state index is 10.9. The maximum absolute atomic E-state index is 10.9. The Morgan fingerprint density at radius 3 is 1.59 bits per heavy atom. The molecule has 0 fully saturated rings. The molecule has 0 aliphatic carbocycles. The van der Waals surface area contributed by atoms with Crippen LogP contribution in [0.4, 0.5) is 0 Å². The second kappa shape index (κ2) is 14.5. The summed E-state index contributed by atoms with van der Waals surface area (Å²) in [6.07, 6.45) is 16.0. The highest BCUT2D eigenvalue weighted by atomic mass is 32.2. The highest BCUT2D eigenvalue weighted by molar-refractivity contribution is 7.86. The molecule has 0 rings (SSSR count). The summed E-state index contributed by atoms with van der Waals surface area (Å²) in [5.41, 5.74) is 0. The molecule has 1 atom stereocenters. The van der Waals surface area contributed by atoms with Crippen LogP contribution in [0.2, 0.25) is 0 Å². The molecule has 0 aromatic rings. The van der Waals surface area contributed by atoms with Gasteiger partial charge in [0.1, 0.15) is 0 Å². The van der Waals surface area contributed by atoms with Crippen molar-refractivity contribution in [2.75, 3.05) is 12.9 Å². The van der Waals surface area contributed by atoms with Crippen molar-refractivity contribution in [3.63, 3.8) is 0 Å². The summed E-state index contributed by atoms with van der Waals surface area (Å²) >= 11 is 0. The van der Waals surface area contributed by atoms with E-state index in [9.17, 15) is 8.42 Å². The van der Waals surface area contributed by atoms with Crippen LogP contribution in [-0.4, -0.2) is 27.6 Å². The lowest BCUT2D eigenvalue weighted by molar-refractivity contribution is -0.0632.